The topological polar surface area (TPSA) is 70.1 Å². The second kappa shape index (κ2) is 10.7. The molecule has 1 amide bonds. The molecule has 2 aromatic carbocycles. The van der Waals surface area contributed by atoms with E-state index >= 15 is 0 Å². The van der Waals surface area contributed by atoms with Crippen LogP contribution in [0.25, 0.3) is 10.9 Å². The van der Waals surface area contributed by atoms with Crippen LogP contribution < -0.4 is 10.9 Å². The maximum atomic E-state index is 12.9. The number of fused-ring (bicyclic) bond motifs is 1. The number of likely N-dealkylation sites (N-methyl/N-ethyl adjacent to an activating group) is 1. The molecule has 3 aromatic rings. The van der Waals surface area contributed by atoms with E-state index in [9.17, 15) is 9.59 Å². The van der Waals surface area contributed by atoms with Crippen molar-refractivity contribution in [3.8, 4) is 0 Å². The zero-order chi connectivity index (χ0) is 23.3. The first-order valence-electron chi connectivity index (χ1n) is 10.6. The van der Waals surface area contributed by atoms with Gasteiger partial charge in [-0.15, -0.1) is 6.58 Å². The van der Waals surface area contributed by atoms with E-state index in [0.29, 0.717) is 39.3 Å². The summed E-state index contributed by atoms with van der Waals surface area (Å²) in [5, 5.41) is 4.16. The molecule has 2 N–H and O–H groups in total. The van der Waals surface area contributed by atoms with Crippen LogP contribution in [0, 0.1) is 4.77 Å². The molecule has 0 saturated heterocycles. The van der Waals surface area contributed by atoms with Crippen LogP contribution in [0.5, 0.6) is 0 Å². The zero-order valence-corrected chi connectivity index (χ0v) is 19.8. The van der Waals surface area contributed by atoms with Crippen LogP contribution in [0.3, 0.4) is 0 Å². The largest absolute Gasteiger partial charge is 0.350 e. The first-order valence-corrected chi connectivity index (χ1v) is 11.3. The summed E-state index contributed by atoms with van der Waals surface area (Å²) in [5.41, 5.74) is 1.74. The van der Waals surface area contributed by atoms with Gasteiger partial charge < -0.3 is 10.3 Å². The predicted octanol–water partition coefficient (Wildman–Crippen LogP) is 4.71. The smallest absolute Gasteiger partial charge is 0.262 e. The Labute approximate surface area is 197 Å². The summed E-state index contributed by atoms with van der Waals surface area (Å²) in [4.78, 5) is 30.9. The number of benzene rings is 2. The first kappa shape index (κ1) is 23.9. The van der Waals surface area contributed by atoms with Crippen LogP contribution in [-0.2, 0) is 6.54 Å². The van der Waals surface area contributed by atoms with E-state index in [4.69, 9.17) is 23.8 Å². The molecule has 0 radical (unpaired) electrons. The van der Waals surface area contributed by atoms with Gasteiger partial charge in [-0.1, -0.05) is 49.7 Å². The Balaban J connectivity index is 1.87. The summed E-state index contributed by atoms with van der Waals surface area (Å²) in [5.74, 6) is -0.231. The SMILES string of the molecule is C=CCn1c(=S)[nH]c2cc(C(=O)NCC(c3ccccc3Cl)N(CC)CC)ccc2c1=O. The second-order valence-corrected chi connectivity index (χ2v) is 8.16. The molecular formula is C24H27ClN4O2S. The number of allylic oxidation sites excluding steroid dienone is 1. The molecule has 1 heterocycles. The number of nitrogens with one attached hydrogen (secondary N) is 2. The van der Waals surface area contributed by atoms with Gasteiger partial charge in [-0.3, -0.25) is 19.1 Å². The highest BCUT2D eigenvalue weighted by atomic mass is 35.5. The van der Waals surface area contributed by atoms with Gasteiger partial charge in [-0.05, 0) is 55.1 Å². The number of aromatic amines is 1. The summed E-state index contributed by atoms with van der Waals surface area (Å²) in [6, 6.07) is 12.6. The number of nitrogens with zero attached hydrogens (tertiary/aromatic N) is 2. The summed E-state index contributed by atoms with van der Waals surface area (Å²) < 4.78 is 1.73. The number of amides is 1. The maximum Gasteiger partial charge on any atom is 0.262 e. The second-order valence-electron chi connectivity index (χ2n) is 7.36. The average Bonchev–Trinajstić information content (AvgIpc) is 2.79. The van der Waals surface area contributed by atoms with Gasteiger partial charge in [0.15, 0.2) is 4.77 Å². The number of rotatable bonds is 9. The van der Waals surface area contributed by atoms with E-state index in [1.165, 1.54) is 4.57 Å². The molecular weight excluding hydrogens is 444 g/mol. The van der Waals surface area contributed by atoms with E-state index in [1.807, 2.05) is 24.3 Å². The number of H-pyrrole nitrogens is 1. The van der Waals surface area contributed by atoms with Gasteiger partial charge in [0.05, 0.1) is 16.9 Å². The van der Waals surface area contributed by atoms with E-state index < -0.39 is 0 Å². The third-order valence-corrected chi connectivity index (χ3v) is 6.20. The molecule has 0 bridgehead atoms. The van der Waals surface area contributed by atoms with Crippen LogP contribution in [0.4, 0.5) is 0 Å². The standard InChI is InChI=1S/C24H27ClN4O2S/c1-4-13-29-23(31)18-12-11-16(14-20(18)27-24(29)32)22(30)26-15-21(28(5-2)6-3)17-9-7-8-10-19(17)25/h4,7-12,14,21H,1,5-6,13,15H2,2-3H3,(H,26,30)(H,27,32). The molecule has 6 nitrogen and oxygen atoms in total. The van der Waals surface area contributed by atoms with E-state index in [1.54, 1.807) is 24.3 Å². The van der Waals surface area contributed by atoms with E-state index in [-0.39, 0.29) is 17.5 Å². The highest BCUT2D eigenvalue weighted by Crippen LogP contribution is 2.27. The molecule has 0 fully saturated rings. The summed E-state index contributed by atoms with van der Waals surface area (Å²) >= 11 is 11.7. The average molecular weight is 471 g/mol. The van der Waals surface area contributed by atoms with Crippen LogP contribution in [0.15, 0.2) is 59.9 Å². The zero-order valence-electron chi connectivity index (χ0n) is 18.2. The minimum atomic E-state index is -0.231. The number of aromatic nitrogens is 2. The van der Waals surface area contributed by atoms with Gasteiger partial charge in [0, 0.05) is 23.7 Å². The van der Waals surface area contributed by atoms with Crippen molar-refractivity contribution in [2.45, 2.75) is 26.4 Å². The minimum Gasteiger partial charge on any atom is -0.350 e. The Morgan fingerprint density at radius 3 is 2.66 bits per heavy atom. The van der Waals surface area contributed by atoms with Gasteiger partial charge >= 0.3 is 0 Å². The first-order chi connectivity index (χ1) is 15.4. The van der Waals surface area contributed by atoms with Crippen molar-refractivity contribution in [1.82, 2.24) is 19.8 Å². The number of carbonyl (C=O) groups is 1. The molecule has 168 valence electrons. The third kappa shape index (κ3) is 5.01. The van der Waals surface area contributed by atoms with Gasteiger partial charge in [0.25, 0.3) is 11.5 Å². The molecule has 1 aromatic heterocycles. The molecule has 0 aliphatic carbocycles. The number of hydrogen-bond acceptors (Lipinski definition) is 4. The van der Waals surface area contributed by atoms with E-state index in [2.05, 4.69) is 35.6 Å². The van der Waals surface area contributed by atoms with Crippen LogP contribution in [0.1, 0.15) is 35.8 Å². The number of halogens is 1. The normalized spacial score (nSPS) is 12.1. The molecule has 1 unspecified atom stereocenters. The highest BCUT2D eigenvalue weighted by Gasteiger charge is 2.21. The van der Waals surface area contributed by atoms with E-state index in [0.717, 1.165) is 18.7 Å². The van der Waals surface area contributed by atoms with Crippen LogP contribution in [-0.4, -0.2) is 40.0 Å². The van der Waals surface area contributed by atoms with Crippen LogP contribution in [0.2, 0.25) is 5.02 Å². The Morgan fingerprint density at radius 1 is 1.28 bits per heavy atom. The van der Waals surface area contributed by atoms with Gasteiger partial charge in [0.1, 0.15) is 0 Å². The Hall–Kier alpha value is -2.74. The molecule has 0 aliphatic rings. The molecule has 0 spiro atoms. The number of carbonyl (C=O) groups excluding carboxylic acids is 1. The van der Waals surface area contributed by atoms with Crippen molar-refractivity contribution >= 4 is 40.6 Å². The summed E-state index contributed by atoms with van der Waals surface area (Å²) in [6.45, 7) is 10.2. The minimum absolute atomic E-state index is 0.0555. The van der Waals surface area contributed by atoms with Crippen LogP contribution >= 0.6 is 23.8 Å². The maximum absolute atomic E-state index is 12.9. The molecule has 8 heteroatoms. The fraction of sp³-hybridized carbons (Fsp3) is 0.292. The quantitative estimate of drug-likeness (QED) is 0.351. The lowest BCUT2D eigenvalue weighted by molar-refractivity contribution is 0.0935. The number of hydrogen-bond donors (Lipinski definition) is 2. The fourth-order valence-corrected chi connectivity index (χ4v) is 4.36. The highest BCUT2D eigenvalue weighted by molar-refractivity contribution is 7.71. The lowest BCUT2D eigenvalue weighted by atomic mass is 10.0. The van der Waals surface area contributed by atoms with Crippen molar-refractivity contribution in [3.05, 3.63) is 86.4 Å². The molecule has 0 aliphatic heterocycles. The molecule has 0 saturated carbocycles. The lowest BCUT2D eigenvalue weighted by Crippen LogP contribution is -2.38. The predicted molar refractivity (Wildman–Crippen MR) is 133 cm³/mol. The summed E-state index contributed by atoms with van der Waals surface area (Å²) in [6.07, 6.45) is 1.62. The Morgan fingerprint density at radius 2 is 2.00 bits per heavy atom. The molecule has 3 rings (SSSR count). The third-order valence-electron chi connectivity index (χ3n) is 5.53. The van der Waals surface area contributed by atoms with Crippen molar-refractivity contribution in [2.24, 2.45) is 0 Å². The molecule has 1 atom stereocenters. The van der Waals surface area contributed by atoms with Gasteiger partial charge in [-0.25, -0.2) is 0 Å². The van der Waals surface area contributed by atoms with Crippen molar-refractivity contribution in [1.29, 1.82) is 0 Å². The van der Waals surface area contributed by atoms with Crippen molar-refractivity contribution < 1.29 is 4.79 Å². The van der Waals surface area contributed by atoms with Crippen molar-refractivity contribution in [2.75, 3.05) is 19.6 Å². The van der Waals surface area contributed by atoms with Crippen molar-refractivity contribution in [3.63, 3.8) is 0 Å². The summed E-state index contributed by atoms with van der Waals surface area (Å²) in [7, 11) is 0. The Kier molecular flexibility index (Phi) is 8.01. The molecule has 32 heavy (non-hydrogen) atoms. The van der Waals surface area contributed by atoms with Gasteiger partial charge in [-0.2, -0.15) is 0 Å². The Bertz CT molecular complexity index is 1250. The van der Waals surface area contributed by atoms with Gasteiger partial charge in [0.2, 0.25) is 0 Å². The lowest BCUT2D eigenvalue weighted by Gasteiger charge is -2.31. The fourth-order valence-electron chi connectivity index (χ4n) is 3.83. The monoisotopic (exact) mass is 470 g/mol.